The lowest BCUT2D eigenvalue weighted by Gasteiger charge is -2.21. The summed E-state index contributed by atoms with van der Waals surface area (Å²) >= 11 is 1.91. The molecule has 0 saturated heterocycles. The Hall–Kier alpha value is -2.26. The first kappa shape index (κ1) is 16.7. The molecule has 1 aliphatic heterocycles. The van der Waals surface area contributed by atoms with Gasteiger partial charge in [-0.15, -0.1) is 0 Å². The van der Waals surface area contributed by atoms with E-state index in [2.05, 4.69) is 55.1 Å². The van der Waals surface area contributed by atoms with E-state index in [9.17, 15) is 0 Å². The monoisotopic (exact) mass is 386 g/mol. The SMILES string of the molecule is Cc1c2c(cc3occc13)Sc1cc(CC3CCCC3)cc3cc[n+](C)c-2c13. The summed E-state index contributed by atoms with van der Waals surface area (Å²) in [5.41, 5.74) is 6.51. The molecule has 140 valence electrons. The number of rotatable bonds is 2. The lowest BCUT2D eigenvalue weighted by atomic mass is 9.93. The minimum Gasteiger partial charge on any atom is -0.464 e. The van der Waals surface area contributed by atoms with Crippen molar-refractivity contribution in [1.82, 2.24) is 0 Å². The van der Waals surface area contributed by atoms with Gasteiger partial charge in [-0.25, -0.2) is 4.57 Å². The quantitative estimate of drug-likeness (QED) is 0.319. The average molecular weight is 387 g/mol. The van der Waals surface area contributed by atoms with Gasteiger partial charge in [-0.1, -0.05) is 43.5 Å². The van der Waals surface area contributed by atoms with Gasteiger partial charge in [-0.05, 0) is 54.0 Å². The van der Waals surface area contributed by atoms with Crippen LogP contribution in [-0.4, -0.2) is 0 Å². The average Bonchev–Trinajstić information content (AvgIpc) is 3.35. The van der Waals surface area contributed by atoms with Gasteiger partial charge in [0.15, 0.2) is 6.20 Å². The predicted octanol–water partition coefficient (Wildman–Crippen LogP) is 6.58. The summed E-state index contributed by atoms with van der Waals surface area (Å²) in [4.78, 5) is 2.71. The molecule has 3 heterocycles. The van der Waals surface area contributed by atoms with Crippen LogP contribution < -0.4 is 4.57 Å². The van der Waals surface area contributed by atoms with Crippen molar-refractivity contribution in [2.45, 2.75) is 48.8 Å². The summed E-state index contributed by atoms with van der Waals surface area (Å²) in [6, 6.07) is 11.5. The molecule has 0 spiro atoms. The number of benzene rings is 2. The molecule has 6 rings (SSSR count). The molecule has 1 aliphatic carbocycles. The van der Waals surface area contributed by atoms with Crippen LogP contribution in [0.2, 0.25) is 0 Å². The van der Waals surface area contributed by atoms with Crippen molar-refractivity contribution in [3.05, 3.63) is 53.9 Å². The highest BCUT2D eigenvalue weighted by Crippen LogP contribution is 2.50. The smallest absolute Gasteiger partial charge is 0.222 e. The lowest BCUT2D eigenvalue weighted by Crippen LogP contribution is -2.31. The molecule has 4 aromatic rings. The van der Waals surface area contributed by atoms with Gasteiger partial charge in [0.05, 0.1) is 17.2 Å². The van der Waals surface area contributed by atoms with Gasteiger partial charge in [-0.3, -0.25) is 0 Å². The van der Waals surface area contributed by atoms with E-state index in [1.165, 1.54) is 80.4 Å². The molecular weight excluding hydrogens is 362 g/mol. The van der Waals surface area contributed by atoms with Crippen LogP contribution in [0.25, 0.3) is 33.0 Å². The van der Waals surface area contributed by atoms with Gasteiger partial charge < -0.3 is 4.42 Å². The molecule has 2 aliphatic rings. The molecule has 1 fully saturated rings. The summed E-state index contributed by atoms with van der Waals surface area (Å²) in [5, 5.41) is 4.00. The van der Waals surface area contributed by atoms with Gasteiger partial charge in [0.2, 0.25) is 5.69 Å². The molecule has 0 radical (unpaired) electrons. The molecule has 2 nitrogen and oxygen atoms in total. The maximum absolute atomic E-state index is 5.75. The van der Waals surface area contributed by atoms with E-state index in [0.717, 1.165) is 11.5 Å². The fourth-order valence-corrected chi connectivity index (χ4v) is 6.60. The zero-order valence-corrected chi connectivity index (χ0v) is 17.2. The van der Waals surface area contributed by atoms with E-state index in [1.54, 1.807) is 6.26 Å². The van der Waals surface area contributed by atoms with Gasteiger partial charge in [-0.2, -0.15) is 0 Å². The van der Waals surface area contributed by atoms with Crippen molar-refractivity contribution in [1.29, 1.82) is 0 Å². The Morgan fingerprint density at radius 3 is 2.82 bits per heavy atom. The highest BCUT2D eigenvalue weighted by Gasteiger charge is 2.30. The molecule has 1 saturated carbocycles. The van der Waals surface area contributed by atoms with Crippen LogP contribution in [-0.2, 0) is 13.5 Å². The highest BCUT2D eigenvalue weighted by molar-refractivity contribution is 7.99. The van der Waals surface area contributed by atoms with Crippen molar-refractivity contribution < 1.29 is 8.98 Å². The van der Waals surface area contributed by atoms with Gasteiger partial charge in [0, 0.05) is 21.2 Å². The standard InChI is InChI=1S/C25H24NOS/c1-15-19-8-10-27-20(19)14-22-23(15)25-24-18(7-9-26(25)2)12-17(13-21(24)28-22)11-16-5-3-4-6-16/h7-10,12-14,16H,3-6,11H2,1-2H3/q+1. The van der Waals surface area contributed by atoms with Crippen molar-refractivity contribution in [2.24, 2.45) is 13.0 Å². The maximum atomic E-state index is 5.75. The Morgan fingerprint density at radius 2 is 1.96 bits per heavy atom. The van der Waals surface area contributed by atoms with E-state index >= 15 is 0 Å². The molecule has 0 atom stereocenters. The number of fused-ring (bicyclic) bond motifs is 3. The van der Waals surface area contributed by atoms with Crippen LogP contribution in [0.3, 0.4) is 0 Å². The summed E-state index contributed by atoms with van der Waals surface area (Å²) in [7, 11) is 2.17. The molecule has 0 unspecified atom stereocenters. The van der Waals surface area contributed by atoms with Gasteiger partial charge >= 0.3 is 0 Å². The predicted molar refractivity (Wildman–Crippen MR) is 115 cm³/mol. The zero-order valence-electron chi connectivity index (χ0n) is 16.4. The number of nitrogens with zero attached hydrogens (tertiary/aromatic N) is 1. The molecule has 28 heavy (non-hydrogen) atoms. The summed E-state index contributed by atoms with van der Waals surface area (Å²) in [5.74, 6) is 0.870. The number of aryl methyl sites for hydroxylation is 2. The third-order valence-corrected chi connectivity index (χ3v) is 7.78. The fraction of sp³-hybridized carbons (Fsp3) is 0.320. The topological polar surface area (TPSA) is 17.0 Å². The van der Waals surface area contributed by atoms with Crippen LogP contribution in [0, 0.1) is 12.8 Å². The zero-order chi connectivity index (χ0) is 18.8. The Bertz CT molecular complexity index is 1250. The minimum atomic E-state index is 0.870. The summed E-state index contributed by atoms with van der Waals surface area (Å²) < 4.78 is 8.04. The van der Waals surface area contributed by atoms with E-state index in [0.29, 0.717) is 0 Å². The Labute approximate surface area is 169 Å². The molecule has 3 heteroatoms. The van der Waals surface area contributed by atoms with Gasteiger partial charge in [0.25, 0.3) is 0 Å². The first-order valence-electron chi connectivity index (χ1n) is 10.3. The number of hydrogen-bond donors (Lipinski definition) is 0. The maximum Gasteiger partial charge on any atom is 0.222 e. The lowest BCUT2D eigenvalue weighted by molar-refractivity contribution is -0.659. The Kier molecular flexibility index (Phi) is 3.64. The van der Waals surface area contributed by atoms with Crippen LogP contribution in [0.1, 0.15) is 36.8 Å². The first-order chi connectivity index (χ1) is 13.7. The second-order valence-electron chi connectivity index (χ2n) is 8.50. The van der Waals surface area contributed by atoms with Crippen molar-refractivity contribution in [3.8, 4) is 11.3 Å². The van der Waals surface area contributed by atoms with Crippen LogP contribution >= 0.6 is 11.8 Å². The summed E-state index contributed by atoms with van der Waals surface area (Å²) in [6.45, 7) is 2.23. The molecule has 0 bridgehead atoms. The molecule has 2 aromatic heterocycles. The fourth-order valence-electron chi connectivity index (χ4n) is 5.32. The third-order valence-electron chi connectivity index (χ3n) is 6.70. The number of aromatic nitrogens is 1. The Morgan fingerprint density at radius 1 is 1.11 bits per heavy atom. The van der Waals surface area contributed by atoms with Crippen LogP contribution in [0.15, 0.2) is 57.0 Å². The minimum absolute atomic E-state index is 0.870. The van der Waals surface area contributed by atoms with E-state index < -0.39 is 0 Å². The van der Waals surface area contributed by atoms with E-state index in [4.69, 9.17) is 4.42 Å². The first-order valence-corrected chi connectivity index (χ1v) is 11.1. The van der Waals surface area contributed by atoms with Crippen LogP contribution in [0.5, 0.6) is 0 Å². The van der Waals surface area contributed by atoms with E-state index in [-0.39, 0.29) is 0 Å². The number of furan rings is 1. The van der Waals surface area contributed by atoms with E-state index in [1.807, 2.05) is 11.8 Å². The highest BCUT2D eigenvalue weighted by atomic mass is 32.2. The normalized spacial score (nSPS) is 16.2. The second-order valence-corrected chi connectivity index (χ2v) is 9.58. The molecular formula is C25H24NOS+. The summed E-state index contributed by atoms with van der Waals surface area (Å²) in [6.07, 6.45) is 10.9. The van der Waals surface area contributed by atoms with Crippen molar-refractivity contribution >= 4 is 33.5 Å². The number of pyridine rings is 1. The third kappa shape index (κ3) is 2.39. The van der Waals surface area contributed by atoms with Crippen molar-refractivity contribution in [3.63, 3.8) is 0 Å². The largest absolute Gasteiger partial charge is 0.464 e. The molecule has 2 aromatic carbocycles. The van der Waals surface area contributed by atoms with Crippen LogP contribution in [0.4, 0.5) is 0 Å². The molecule has 0 amide bonds. The molecule has 0 N–H and O–H groups in total. The Balaban J connectivity index is 1.61. The second kappa shape index (κ2) is 6.12. The number of hydrogen-bond acceptors (Lipinski definition) is 2. The van der Waals surface area contributed by atoms with Crippen molar-refractivity contribution in [2.75, 3.05) is 0 Å². The van der Waals surface area contributed by atoms with Gasteiger partial charge in [0.1, 0.15) is 12.6 Å².